The maximum Gasteiger partial charge on any atom is 0.273 e. The van der Waals surface area contributed by atoms with E-state index in [4.69, 9.17) is 21.0 Å². The van der Waals surface area contributed by atoms with Crippen LogP contribution in [0.3, 0.4) is 0 Å². The quantitative estimate of drug-likeness (QED) is 0.577. The summed E-state index contributed by atoms with van der Waals surface area (Å²) in [4.78, 5) is 15.8. The van der Waals surface area contributed by atoms with Crippen molar-refractivity contribution in [3.05, 3.63) is 47.7 Å². The van der Waals surface area contributed by atoms with Crippen LogP contribution in [0, 0.1) is 0 Å². The smallest absolute Gasteiger partial charge is 0.273 e. The number of carbonyl (C=O) groups is 1. The molecule has 1 heterocycles. The molecule has 6 N–H and O–H groups in total. The Balaban J connectivity index is 1.99. The van der Waals surface area contributed by atoms with Crippen LogP contribution in [0.25, 0.3) is 0 Å². The molecule has 0 saturated carbocycles. The maximum absolute atomic E-state index is 11.9. The van der Waals surface area contributed by atoms with Gasteiger partial charge in [0.2, 0.25) is 5.89 Å². The average Bonchev–Trinajstić information content (AvgIpc) is 2.95. The Kier molecular flexibility index (Phi) is 4.34. The van der Waals surface area contributed by atoms with E-state index in [1.165, 1.54) is 6.26 Å². The first-order valence-corrected chi connectivity index (χ1v) is 6.05. The molecule has 0 aliphatic heterocycles. The first kappa shape index (κ1) is 14.0. The van der Waals surface area contributed by atoms with Gasteiger partial charge in [-0.3, -0.25) is 4.79 Å². The zero-order valence-electron chi connectivity index (χ0n) is 10.7. The maximum atomic E-state index is 11.9. The lowest BCUT2D eigenvalue weighted by Crippen LogP contribution is -2.24. The van der Waals surface area contributed by atoms with E-state index in [9.17, 15) is 4.79 Å². The van der Waals surface area contributed by atoms with Crippen LogP contribution in [0.4, 0.5) is 5.69 Å². The Labute approximate surface area is 115 Å². The third kappa shape index (κ3) is 3.14. The second kappa shape index (κ2) is 6.18. The Bertz CT molecular complexity index is 597. The summed E-state index contributed by atoms with van der Waals surface area (Å²) < 4.78 is 5.03. The molecular weight excluding hydrogens is 260 g/mol. The number of nitrogen functional groups attached to an aromatic ring is 1. The summed E-state index contributed by atoms with van der Waals surface area (Å²) in [6, 6.07) is 6.51. The van der Waals surface area contributed by atoms with E-state index in [0.29, 0.717) is 12.2 Å². The zero-order valence-corrected chi connectivity index (χ0v) is 10.7. The number of oxazole rings is 1. The number of hydrogen-bond acceptors (Lipinski definition) is 6. The fraction of sp³-hybridized carbons (Fsp3) is 0.231. The minimum atomic E-state index is -0.735. The van der Waals surface area contributed by atoms with Crippen LogP contribution in [0.15, 0.2) is 34.9 Å². The fourth-order valence-corrected chi connectivity index (χ4v) is 1.60. The van der Waals surface area contributed by atoms with Crippen molar-refractivity contribution in [2.45, 2.75) is 12.6 Å². The van der Waals surface area contributed by atoms with Gasteiger partial charge in [-0.2, -0.15) is 0 Å². The summed E-state index contributed by atoms with van der Waals surface area (Å²) in [5, 5.41) is 11.6. The third-order valence-electron chi connectivity index (χ3n) is 2.76. The van der Waals surface area contributed by atoms with E-state index >= 15 is 0 Å². The molecule has 0 saturated heterocycles. The molecule has 0 fully saturated rings. The molecule has 20 heavy (non-hydrogen) atoms. The predicted octanol–water partition coefficient (Wildman–Crippen LogP) is 0.179. The first-order valence-electron chi connectivity index (χ1n) is 6.05. The Morgan fingerprint density at radius 2 is 2.20 bits per heavy atom. The number of aliphatic hydroxyl groups excluding tert-OH is 1. The van der Waals surface area contributed by atoms with Crippen molar-refractivity contribution in [1.82, 2.24) is 10.3 Å². The SMILES string of the molecule is Nc1ccccc1CNC(=O)c1coc(C(N)CO)n1. The highest BCUT2D eigenvalue weighted by molar-refractivity contribution is 5.91. The van der Waals surface area contributed by atoms with Crippen LogP contribution >= 0.6 is 0 Å². The number of aliphatic hydroxyl groups is 1. The number of hydrogen-bond donors (Lipinski definition) is 4. The van der Waals surface area contributed by atoms with E-state index in [0.717, 1.165) is 5.56 Å². The fourth-order valence-electron chi connectivity index (χ4n) is 1.60. The molecular formula is C13H16N4O3. The topological polar surface area (TPSA) is 127 Å². The predicted molar refractivity (Wildman–Crippen MR) is 72.5 cm³/mol. The molecule has 2 rings (SSSR count). The lowest BCUT2D eigenvalue weighted by molar-refractivity contribution is 0.0946. The van der Waals surface area contributed by atoms with E-state index in [2.05, 4.69) is 10.3 Å². The molecule has 0 spiro atoms. The third-order valence-corrected chi connectivity index (χ3v) is 2.76. The van der Waals surface area contributed by atoms with Crippen molar-refractivity contribution in [3.8, 4) is 0 Å². The van der Waals surface area contributed by atoms with Crippen LogP contribution < -0.4 is 16.8 Å². The highest BCUT2D eigenvalue weighted by Gasteiger charge is 2.16. The zero-order chi connectivity index (χ0) is 14.5. The molecule has 7 heteroatoms. The van der Waals surface area contributed by atoms with Gasteiger partial charge in [-0.1, -0.05) is 18.2 Å². The van der Waals surface area contributed by atoms with Gasteiger partial charge < -0.3 is 26.3 Å². The second-order valence-electron chi connectivity index (χ2n) is 4.24. The van der Waals surface area contributed by atoms with Gasteiger partial charge in [-0.25, -0.2) is 4.98 Å². The van der Waals surface area contributed by atoms with Gasteiger partial charge in [-0.05, 0) is 11.6 Å². The van der Waals surface area contributed by atoms with Crippen molar-refractivity contribution in [3.63, 3.8) is 0 Å². The standard InChI is InChI=1S/C13H16N4O3/c14-9-4-2-1-3-8(9)5-16-12(19)11-7-20-13(17-11)10(15)6-18/h1-4,7,10,18H,5-6,14-15H2,(H,16,19). The molecule has 0 radical (unpaired) electrons. The molecule has 1 aromatic carbocycles. The van der Waals surface area contributed by atoms with E-state index in [1.807, 2.05) is 18.2 Å². The van der Waals surface area contributed by atoms with E-state index in [-0.39, 0.29) is 18.2 Å². The van der Waals surface area contributed by atoms with Gasteiger partial charge in [0.15, 0.2) is 5.69 Å². The first-order chi connectivity index (χ1) is 9.61. The summed E-state index contributed by atoms with van der Waals surface area (Å²) in [7, 11) is 0. The van der Waals surface area contributed by atoms with Crippen LogP contribution in [0.1, 0.15) is 28.0 Å². The van der Waals surface area contributed by atoms with E-state index in [1.54, 1.807) is 6.07 Å². The van der Waals surface area contributed by atoms with Crippen LogP contribution in [0.5, 0.6) is 0 Å². The highest BCUT2D eigenvalue weighted by Crippen LogP contribution is 2.11. The van der Waals surface area contributed by atoms with Crippen molar-refractivity contribution < 1.29 is 14.3 Å². The number of benzene rings is 1. The van der Waals surface area contributed by atoms with Crippen molar-refractivity contribution in [2.75, 3.05) is 12.3 Å². The minimum Gasteiger partial charge on any atom is -0.446 e. The van der Waals surface area contributed by atoms with E-state index < -0.39 is 11.9 Å². The normalized spacial score (nSPS) is 12.1. The summed E-state index contributed by atoms with van der Waals surface area (Å²) in [6.07, 6.45) is 1.20. The largest absolute Gasteiger partial charge is 0.446 e. The number of nitrogens with two attached hydrogens (primary N) is 2. The number of para-hydroxylation sites is 1. The average molecular weight is 276 g/mol. The number of nitrogens with zero attached hydrogens (tertiary/aromatic N) is 1. The van der Waals surface area contributed by atoms with Crippen molar-refractivity contribution in [1.29, 1.82) is 0 Å². The number of carbonyl (C=O) groups excluding carboxylic acids is 1. The number of nitrogens with one attached hydrogen (secondary N) is 1. The number of rotatable bonds is 5. The van der Waals surface area contributed by atoms with Crippen molar-refractivity contribution >= 4 is 11.6 Å². The number of aromatic nitrogens is 1. The molecule has 1 aromatic heterocycles. The molecule has 1 amide bonds. The molecule has 7 nitrogen and oxygen atoms in total. The van der Waals surface area contributed by atoms with Gasteiger partial charge >= 0.3 is 0 Å². The molecule has 106 valence electrons. The molecule has 1 atom stereocenters. The summed E-state index contributed by atoms with van der Waals surface area (Å²) in [5.74, 6) is -0.273. The van der Waals surface area contributed by atoms with Crippen LogP contribution in [-0.4, -0.2) is 22.6 Å². The van der Waals surface area contributed by atoms with Gasteiger partial charge in [-0.15, -0.1) is 0 Å². The van der Waals surface area contributed by atoms with Crippen molar-refractivity contribution in [2.24, 2.45) is 5.73 Å². The lowest BCUT2D eigenvalue weighted by atomic mass is 10.2. The van der Waals surface area contributed by atoms with Gasteiger partial charge in [0.05, 0.1) is 6.61 Å². The Hall–Kier alpha value is -2.38. The number of anilines is 1. The number of amides is 1. The molecule has 1 unspecified atom stereocenters. The molecule has 0 aliphatic rings. The van der Waals surface area contributed by atoms with Crippen LogP contribution in [-0.2, 0) is 6.54 Å². The summed E-state index contributed by atoms with van der Waals surface area (Å²) in [5.41, 5.74) is 12.8. The lowest BCUT2D eigenvalue weighted by Gasteiger charge is -2.06. The van der Waals surface area contributed by atoms with Crippen LogP contribution in [0.2, 0.25) is 0 Å². The second-order valence-corrected chi connectivity index (χ2v) is 4.24. The Morgan fingerprint density at radius 3 is 2.90 bits per heavy atom. The molecule has 0 bridgehead atoms. The molecule has 2 aromatic rings. The summed E-state index contributed by atoms with van der Waals surface area (Å²) in [6.45, 7) is -0.0120. The molecule has 0 aliphatic carbocycles. The van der Waals surface area contributed by atoms with Gasteiger partial charge in [0.25, 0.3) is 5.91 Å². The highest BCUT2D eigenvalue weighted by atomic mass is 16.3. The van der Waals surface area contributed by atoms with Gasteiger partial charge in [0.1, 0.15) is 12.3 Å². The summed E-state index contributed by atoms with van der Waals surface area (Å²) >= 11 is 0. The van der Waals surface area contributed by atoms with Gasteiger partial charge in [0, 0.05) is 12.2 Å². The Morgan fingerprint density at radius 1 is 1.45 bits per heavy atom. The minimum absolute atomic E-state index is 0.110. The monoisotopic (exact) mass is 276 g/mol.